The van der Waals surface area contributed by atoms with Crippen LogP contribution in [0, 0.1) is 5.92 Å². The van der Waals surface area contributed by atoms with Crippen LogP contribution in [0.1, 0.15) is 40.8 Å². The molecule has 0 unspecified atom stereocenters. The zero-order valence-electron chi connectivity index (χ0n) is 19.0. The van der Waals surface area contributed by atoms with Crippen molar-refractivity contribution < 1.29 is 19.1 Å². The number of aliphatic hydroxyl groups excluding tert-OH is 1. The SMILES string of the molecule is CC(C)C(=O)Nc1nc2c(ncn2[C@@H]2OC(CO)=C[C@H]2O[Si](C)(C)C(C)(C)C)c(=O)[nH]1. The van der Waals surface area contributed by atoms with Crippen LogP contribution in [-0.4, -0.2) is 51.6 Å². The minimum atomic E-state index is -2.18. The fourth-order valence-corrected chi connectivity index (χ4v) is 4.09. The molecule has 3 rings (SSSR count). The second-order valence-corrected chi connectivity index (χ2v) is 14.3. The number of anilines is 1. The van der Waals surface area contributed by atoms with Gasteiger partial charge in [0.15, 0.2) is 19.5 Å². The van der Waals surface area contributed by atoms with Crippen molar-refractivity contribution in [2.75, 3.05) is 11.9 Å². The molecule has 1 aliphatic heterocycles. The Labute approximate surface area is 181 Å². The molecular formula is C20H31N5O5Si. The summed E-state index contributed by atoms with van der Waals surface area (Å²) in [5.41, 5.74) is -0.100. The highest BCUT2D eigenvalue weighted by Gasteiger charge is 2.43. The first-order valence-corrected chi connectivity index (χ1v) is 13.2. The number of aromatic amines is 1. The largest absolute Gasteiger partial charge is 0.469 e. The average Bonchev–Trinajstić information content (AvgIpc) is 3.24. The molecule has 3 N–H and O–H groups in total. The summed E-state index contributed by atoms with van der Waals surface area (Å²) in [5.74, 6) is -0.126. The zero-order chi connectivity index (χ0) is 23.1. The Bertz CT molecular complexity index is 1070. The minimum absolute atomic E-state index is 0.0337. The number of ether oxygens (including phenoxy) is 1. The third-order valence-electron chi connectivity index (χ3n) is 5.77. The van der Waals surface area contributed by atoms with Gasteiger partial charge in [0.25, 0.3) is 5.56 Å². The van der Waals surface area contributed by atoms with Crippen molar-refractivity contribution in [3.8, 4) is 0 Å². The summed E-state index contributed by atoms with van der Waals surface area (Å²) in [6.07, 6.45) is 2.03. The van der Waals surface area contributed by atoms with Gasteiger partial charge in [-0.05, 0) is 24.2 Å². The number of nitrogens with zero attached hydrogens (tertiary/aromatic N) is 3. The van der Waals surface area contributed by atoms with E-state index in [4.69, 9.17) is 9.16 Å². The van der Waals surface area contributed by atoms with Crippen LogP contribution in [0.2, 0.25) is 18.1 Å². The van der Waals surface area contributed by atoms with E-state index in [0.29, 0.717) is 5.76 Å². The predicted molar refractivity (Wildman–Crippen MR) is 119 cm³/mol. The van der Waals surface area contributed by atoms with Crippen molar-refractivity contribution in [2.24, 2.45) is 5.92 Å². The number of amides is 1. The smallest absolute Gasteiger partial charge is 0.280 e. The molecule has 31 heavy (non-hydrogen) atoms. The van der Waals surface area contributed by atoms with Crippen LogP contribution in [0.25, 0.3) is 11.2 Å². The van der Waals surface area contributed by atoms with Crippen molar-refractivity contribution in [1.82, 2.24) is 19.5 Å². The number of hydrogen-bond donors (Lipinski definition) is 3. The van der Waals surface area contributed by atoms with Crippen LogP contribution in [0.15, 0.2) is 23.0 Å². The molecule has 0 saturated carbocycles. The Kier molecular flexibility index (Phi) is 6.13. The third kappa shape index (κ3) is 4.58. The molecule has 11 heteroatoms. The fraction of sp³-hybridized carbons (Fsp3) is 0.600. The summed E-state index contributed by atoms with van der Waals surface area (Å²) >= 11 is 0. The number of nitrogens with one attached hydrogen (secondary N) is 2. The number of fused-ring (bicyclic) bond motifs is 1. The predicted octanol–water partition coefficient (Wildman–Crippen LogP) is 2.51. The number of carbonyl (C=O) groups excluding carboxylic acids is 1. The number of H-pyrrole nitrogens is 1. The maximum absolute atomic E-state index is 12.5. The van der Waals surface area contributed by atoms with Crippen molar-refractivity contribution in [3.63, 3.8) is 0 Å². The van der Waals surface area contributed by atoms with Crippen LogP contribution in [0.3, 0.4) is 0 Å². The Morgan fingerprint density at radius 1 is 1.42 bits per heavy atom. The molecule has 0 aromatic carbocycles. The lowest BCUT2D eigenvalue weighted by molar-refractivity contribution is -0.118. The van der Waals surface area contributed by atoms with Crippen LogP contribution < -0.4 is 10.9 Å². The Hall–Kier alpha value is -2.50. The topological polar surface area (TPSA) is 131 Å². The molecule has 1 amide bonds. The Morgan fingerprint density at radius 2 is 2.10 bits per heavy atom. The molecule has 0 radical (unpaired) electrons. The average molecular weight is 450 g/mol. The number of imidazole rings is 1. The summed E-state index contributed by atoms with van der Waals surface area (Å²) in [4.78, 5) is 35.7. The van der Waals surface area contributed by atoms with Gasteiger partial charge in [0.2, 0.25) is 18.1 Å². The van der Waals surface area contributed by atoms with E-state index < -0.39 is 26.2 Å². The maximum atomic E-state index is 12.5. The first-order valence-electron chi connectivity index (χ1n) is 10.3. The summed E-state index contributed by atoms with van der Waals surface area (Å²) < 4.78 is 14.1. The van der Waals surface area contributed by atoms with E-state index in [1.165, 1.54) is 6.33 Å². The molecule has 3 heterocycles. The van der Waals surface area contributed by atoms with Crippen LogP contribution in [0.5, 0.6) is 0 Å². The minimum Gasteiger partial charge on any atom is -0.469 e. The summed E-state index contributed by atoms with van der Waals surface area (Å²) in [6.45, 7) is 13.9. The molecule has 0 aliphatic carbocycles. The molecule has 0 fully saturated rings. The van der Waals surface area contributed by atoms with E-state index in [0.717, 1.165) is 0 Å². The lowest BCUT2D eigenvalue weighted by Crippen LogP contribution is -2.45. The van der Waals surface area contributed by atoms with E-state index in [-0.39, 0.29) is 40.6 Å². The van der Waals surface area contributed by atoms with E-state index in [1.54, 1.807) is 24.5 Å². The van der Waals surface area contributed by atoms with Gasteiger partial charge in [-0.25, -0.2) is 4.98 Å². The number of aliphatic hydroxyl groups is 1. The highest BCUT2D eigenvalue weighted by Crippen LogP contribution is 2.41. The van der Waals surface area contributed by atoms with Gasteiger partial charge in [-0.15, -0.1) is 0 Å². The first-order chi connectivity index (χ1) is 14.3. The summed E-state index contributed by atoms with van der Waals surface area (Å²) in [6, 6.07) is 0. The lowest BCUT2D eigenvalue weighted by Gasteiger charge is -2.39. The zero-order valence-corrected chi connectivity index (χ0v) is 20.0. The lowest BCUT2D eigenvalue weighted by atomic mass is 10.2. The van der Waals surface area contributed by atoms with E-state index >= 15 is 0 Å². The fourth-order valence-electron chi connectivity index (χ4n) is 2.87. The maximum Gasteiger partial charge on any atom is 0.280 e. The van der Waals surface area contributed by atoms with Gasteiger partial charge < -0.3 is 14.3 Å². The first kappa shape index (κ1) is 23.2. The number of carbonyl (C=O) groups is 1. The van der Waals surface area contributed by atoms with Crippen molar-refractivity contribution in [3.05, 3.63) is 28.5 Å². The third-order valence-corrected chi connectivity index (χ3v) is 10.2. The van der Waals surface area contributed by atoms with Crippen molar-refractivity contribution in [1.29, 1.82) is 0 Å². The molecule has 0 spiro atoms. The number of aromatic nitrogens is 4. The normalized spacial score (nSPS) is 19.6. The molecular weight excluding hydrogens is 418 g/mol. The van der Waals surface area contributed by atoms with Gasteiger partial charge in [0.05, 0.1) is 0 Å². The number of hydrogen-bond acceptors (Lipinski definition) is 7. The van der Waals surface area contributed by atoms with E-state index in [2.05, 4.69) is 54.1 Å². The van der Waals surface area contributed by atoms with E-state index in [9.17, 15) is 14.7 Å². The van der Waals surface area contributed by atoms with Gasteiger partial charge >= 0.3 is 0 Å². The molecule has 2 atom stereocenters. The second-order valence-electron chi connectivity index (χ2n) is 9.52. The van der Waals surface area contributed by atoms with Crippen LogP contribution in [0.4, 0.5) is 5.95 Å². The highest BCUT2D eigenvalue weighted by atomic mass is 28.4. The molecule has 0 saturated heterocycles. The molecule has 1 aliphatic rings. The van der Waals surface area contributed by atoms with Crippen molar-refractivity contribution >= 4 is 31.3 Å². The van der Waals surface area contributed by atoms with E-state index in [1.807, 2.05) is 0 Å². The van der Waals surface area contributed by atoms with Gasteiger partial charge in [-0.1, -0.05) is 34.6 Å². The Morgan fingerprint density at radius 3 is 2.68 bits per heavy atom. The standard InChI is InChI=1S/C20H31N5O5Si/c1-11(2)16(27)23-19-22-15-14(17(28)24-19)21-10-25(15)18-13(8-12(9-26)29-18)30-31(6,7)20(3,4)5/h8,10-11,13,18,26H,9H2,1-7H3,(H2,22,23,24,27,28)/t13-,18-/m1/s1. The van der Waals surface area contributed by atoms with Crippen LogP contribution >= 0.6 is 0 Å². The monoisotopic (exact) mass is 449 g/mol. The van der Waals surface area contributed by atoms with Gasteiger partial charge in [-0.3, -0.25) is 24.5 Å². The van der Waals surface area contributed by atoms with Crippen LogP contribution in [-0.2, 0) is 14.0 Å². The van der Waals surface area contributed by atoms with Gasteiger partial charge in [-0.2, -0.15) is 4.98 Å². The summed E-state index contributed by atoms with van der Waals surface area (Å²) in [7, 11) is -2.18. The molecule has 2 aromatic heterocycles. The van der Waals surface area contributed by atoms with Gasteiger partial charge in [0.1, 0.15) is 24.8 Å². The Balaban J connectivity index is 2.01. The molecule has 10 nitrogen and oxygen atoms in total. The highest BCUT2D eigenvalue weighted by molar-refractivity contribution is 6.74. The molecule has 170 valence electrons. The summed E-state index contributed by atoms with van der Waals surface area (Å²) in [5, 5.41) is 12.2. The van der Waals surface area contributed by atoms with Gasteiger partial charge in [0, 0.05) is 5.92 Å². The molecule has 0 bridgehead atoms. The quantitative estimate of drug-likeness (QED) is 0.577. The van der Waals surface area contributed by atoms with Crippen molar-refractivity contribution in [2.45, 2.75) is 65.1 Å². The molecule has 2 aromatic rings. The second kappa shape index (κ2) is 8.21. The number of rotatable bonds is 6.